The second-order valence-corrected chi connectivity index (χ2v) is 7.73. The molecule has 0 unspecified atom stereocenters. The minimum Gasteiger partial charge on any atom is -0.467 e. The lowest BCUT2D eigenvalue weighted by molar-refractivity contribution is -0.128. The van der Waals surface area contributed by atoms with Crippen LogP contribution in [-0.4, -0.2) is 43.3 Å². The third kappa shape index (κ3) is 7.53. The molecule has 0 saturated heterocycles. The molecule has 0 aliphatic rings. The van der Waals surface area contributed by atoms with Gasteiger partial charge >= 0.3 is 0 Å². The zero-order valence-electron chi connectivity index (χ0n) is 18.8. The van der Waals surface area contributed by atoms with Crippen molar-refractivity contribution in [2.45, 2.75) is 19.4 Å². The summed E-state index contributed by atoms with van der Waals surface area (Å²) in [6.45, 7) is 0.354. The quantitative estimate of drug-likeness (QED) is 0.442. The highest BCUT2D eigenvalue weighted by atomic mass is 16.3. The van der Waals surface area contributed by atoms with Gasteiger partial charge < -0.3 is 25.3 Å². The van der Waals surface area contributed by atoms with Gasteiger partial charge in [-0.25, -0.2) is 0 Å². The van der Waals surface area contributed by atoms with Gasteiger partial charge in [0.05, 0.1) is 19.4 Å². The summed E-state index contributed by atoms with van der Waals surface area (Å²) in [5, 5.41) is 8.65. The second-order valence-electron chi connectivity index (χ2n) is 7.73. The van der Waals surface area contributed by atoms with Gasteiger partial charge in [-0.05, 0) is 54.4 Å². The topological polar surface area (TPSA) is 104 Å². The summed E-state index contributed by atoms with van der Waals surface area (Å²) >= 11 is 0. The van der Waals surface area contributed by atoms with Crippen molar-refractivity contribution in [2.24, 2.45) is 0 Å². The highest BCUT2D eigenvalue weighted by molar-refractivity contribution is 5.96. The molecule has 33 heavy (non-hydrogen) atoms. The third-order valence-electron chi connectivity index (χ3n) is 4.95. The van der Waals surface area contributed by atoms with Gasteiger partial charge in [0.2, 0.25) is 11.8 Å². The zero-order valence-corrected chi connectivity index (χ0v) is 18.8. The van der Waals surface area contributed by atoms with E-state index >= 15 is 0 Å². The Morgan fingerprint density at radius 2 is 1.73 bits per heavy atom. The van der Waals surface area contributed by atoms with E-state index in [0.29, 0.717) is 42.1 Å². The number of nitrogens with zero attached hydrogens (tertiary/aromatic N) is 1. The summed E-state index contributed by atoms with van der Waals surface area (Å²) in [6.07, 6.45) is 2.65. The van der Waals surface area contributed by atoms with Crippen LogP contribution in [0.3, 0.4) is 0 Å². The number of nitrogens with one attached hydrogen (secondary N) is 3. The molecule has 3 amide bonds. The number of carbonyl (C=O) groups is 3. The number of amides is 3. The molecule has 3 aromatic rings. The van der Waals surface area contributed by atoms with Crippen molar-refractivity contribution in [3.8, 4) is 0 Å². The predicted octanol–water partition coefficient (Wildman–Crippen LogP) is 3.28. The van der Waals surface area contributed by atoms with Crippen molar-refractivity contribution in [1.29, 1.82) is 0 Å². The van der Waals surface area contributed by atoms with Gasteiger partial charge in [0, 0.05) is 37.5 Å². The molecule has 0 saturated carbocycles. The molecular weight excluding hydrogens is 420 g/mol. The van der Waals surface area contributed by atoms with Gasteiger partial charge in [0.25, 0.3) is 5.91 Å². The van der Waals surface area contributed by atoms with E-state index in [0.717, 1.165) is 5.56 Å². The van der Waals surface area contributed by atoms with Crippen LogP contribution < -0.4 is 16.0 Å². The maximum absolute atomic E-state index is 12.3. The summed E-state index contributed by atoms with van der Waals surface area (Å²) in [4.78, 5) is 37.9. The van der Waals surface area contributed by atoms with Gasteiger partial charge in [-0.2, -0.15) is 0 Å². The molecule has 0 aliphatic heterocycles. The van der Waals surface area contributed by atoms with Gasteiger partial charge in [-0.15, -0.1) is 0 Å². The average Bonchev–Trinajstić information content (AvgIpc) is 3.34. The van der Waals surface area contributed by atoms with Crippen molar-refractivity contribution in [2.75, 3.05) is 31.3 Å². The van der Waals surface area contributed by atoms with E-state index in [4.69, 9.17) is 4.42 Å². The largest absolute Gasteiger partial charge is 0.467 e. The van der Waals surface area contributed by atoms with Crippen molar-refractivity contribution >= 4 is 29.1 Å². The summed E-state index contributed by atoms with van der Waals surface area (Å²) in [6, 6.07) is 17.9. The number of furan rings is 1. The summed E-state index contributed by atoms with van der Waals surface area (Å²) < 4.78 is 5.21. The van der Waals surface area contributed by atoms with E-state index in [1.165, 1.54) is 0 Å². The maximum Gasteiger partial charge on any atom is 0.251 e. The molecule has 0 bridgehead atoms. The molecule has 0 radical (unpaired) electrons. The number of aryl methyl sites for hydroxylation is 1. The van der Waals surface area contributed by atoms with E-state index < -0.39 is 0 Å². The number of hydrogen-bond acceptors (Lipinski definition) is 5. The van der Waals surface area contributed by atoms with Gasteiger partial charge in [0.1, 0.15) is 5.76 Å². The highest BCUT2D eigenvalue weighted by Crippen LogP contribution is 2.13. The molecule has 3 rings (SSSR count). The molecule has 172 valence electrons. The molecular formula is C25H28N4O4. The smallest absolute Gasteiger partial charge is 0.251 e. The summed E-state index contributed by atoms with van der Waals surface area (Å²) in [5.41, 5.74) is 2.85. The fourth-order valence-electron chi connectivity index (χ4n) is 3.07. The Balaban J connectivity index is 1.45. The van der Waals surface area contributed by atoms with Gasteiger partial charge in [-0.3, -0.25) is 14.4 Å². The van der Waals surface area contributed by atoms with Crippen LogP contribution in [-0.2, 0) is 22.6 Å². The molecule has 0 atom stereocenters. The van der Waals surface area contributed by atoms with Crippen LogP contribution >= 0.6 is 0 Å². The summed E-state index contributed by atoms with van der Waals surface area (Å²) in [7, 11) is 3.48. The Bertz CT molecular complexity index is 1080. The lowest BCUT2D eigenvalue weighted by Crippen LogP contribution is -2.23. The van der Waals surface area contributed by atoms with Crippen LogP contribution in [0.5, 0.6) is 0 Å². The molecule has 1 heterocycles. The zero-order chi connectivity index (χ0) is 23.6. The fraction of sp³-hybridized carbons (Fsp3) is 0.240. The molecule has 8 heteroatoms. The van der Waals surface area contributed by atoms with Crippen LogP contribution in [0.2, 0.25) is 0 Å². The number of carbonyl (C=O) groups excluding carboxylic acids is 3. The fourth-order valence-corrected chi connectivity index (χ4v) is 3.07. The normalized spacial score (nSPS) is 10.4. The molecule has 0 aliphatic carbocycles. The van der Waals surface area contributed by atoms with E-state index in [1.54, 1.807) is 61.7 Å². The molecule has 8 nitrogen and oxygen atoms in total. The van der Waals surface area contributed by atoms with Crippen molar-refractivity contribution in [3.05, 3.63) is 83.8 Å². The van der Waals surface area contributed by atoms with Crippen LogP contribution in [0.4, 0.5) is 11.4 Å². The van der Waals surface area contributed by atoms with Crippen molar-refractivity contribution < 1.29 is 18.8 Å². The Kier molecular flexibility index (Phi) is 8.24. The first-order chi connectivity index (χ1) is 15.9. The SMILES string of the molecule is CN(C)C(=O)CCc1ccc(NC(=O)CNc2cccc(C(=O)NCc3ccco3)c2)cc1. The van der Waals surface area contributed by atoms with Crippen LogP contribution in [0.15, 0.2) is 71.3 Å². The number of rotatable bonds is 10. The Morgan fingerprint density at radius 1 is 0.939 bits per heavy atom. The maximum atomic E-state index is 12.3. The van der Waals surface area contributed by atoms with Gasteiger partial charge in [0.15, 0.2) is 0 Å². The van der Waals surface area contributed by atoms with Crippen LogP contribution in [0.25, 0.3) is 0 Å². The number of benzene rings is 2. The molecule has 2 aromatic carbocycles. The first kappa shape index (κ1) is 23.6. The standard InChI is InChI=1S/C25H28N4O4/c1-29(2)24(31)13-10-18-8-11-20(12-9-18)28-23(30)17-26-21-6-3-5-19(15-21)25(32)27-16-22-7-4-14-33-22/h3-9,11-12,14-15,26H,10,13,16-17H2,1-2H3,(H,27,32)(H,28,30). The monoisotopic (exact) mass is 448 g/mol. The third-order valence-corrected chi connectivity index (χ3v) is 4.95. The van der Waals surface area contributed by atoms with E-state index in [-0.39, 0.29) is 24.3 Å². The average molecular weight is 449 g/mol. The Hall–Kier alpha value is -4.07. The molecule has 1 aromatic heterocycles. The van der Waals surface area contributed by atoms with Crippen molar-refractivity contribution in [3.63, 3.8) is 0 Å². The van der Waals surface area contributed by atoms with Crippen molar-refractivity contribution in [1.82, 2.24) is 10.2 Å². The van der Waals surface area contributed by atoms with Crippen LogP contribution in [0.1, 0.15) is 28.1 Å². The molecule has 0 fully saturated rings. The predicted molar refractivity (Wildman–Crippen MR) is 127 cm³/mol. The Morgan fingerprint density at radius 3 is 2.42 bits per heavy atom. The minimum absolute atomic E-state index is 0.0521. The highest BCUT2D eigenvalue weighted by Gasteiger charge is 2.09. The summed E-state index contributed by atoms with van der Waals surface area (Å²) in [5.74, 6) is 0.312. The van der Waals surface area contributed by atoms with E-state index in [2.05, 4.69) is 16.0 Å². The molecule has 3 N–H and O–H groups in total. The minimum atomic E-state index is -0.230. The van der Waals surface area contributed by atoms with Crippen LogP contribution in [0, 0.1) is 0 Å². The Labute approximate surface area is 193 Å². The van der Waals surface area contributed by atoms with E-state index in [1.807, 2.05) is 24.3 Å². The van der Waals surface area contributed by atoms with E-state index in [9.17, 15) is 14.4 Å². The first-order valence-corrected chi connectivity index (χ1v) is 10.6. The first-order valence-electron chi connectivity index (χ1n) is 10.6. The number of hydrogen-bond donors (Lipinski definition) is 3. The van der Waals surface area contributed by atoms with Gasteiger partial charge in [-0.1, -0.05) is 18.2 Å². The molecule has 0 spiro atoms. The lowest BCUT2D eigenvalue weighted by atomic mass is 10.1. The number of anilines is 2. The lowest BCUT2D eigenvalue weighted by Gasteiger charge is -2.11. The second kappa shape index (κ2) is 11.5.